The zero-order valence-electron chi connectivity index (χ0n) is 5.13. The summed E-state index contributed by atoms with van der Waals surface area (Å²) in [5, 5.41) is 0. The number of nitrogens with two attached hydrogens (primary N) is 2. The molecular formula is C6H6N2S2. The van der Waals surface area contributed by atoms with Gasteiger partial charge in [-0.15, -0.1) is 0 Å². The van der Waals surface area contributed by atoms with Crippen LogP contribution in [0.25, 0.3) is 0 Å². The molecule has 4 N–H and O–H groups in total. The molecule has 0 amide bonds. The fourth-order valence-corrected chi connectivity index (χ4v) is 1.02. The highest BCUT2D eigenvalue weighted by molar-refractivity contribution is 7.82. The molecule has 1 aliphatic rings. The van der Waals surface area contributed by atoms with E-state index in [0.29, 0.717) is 21.1 Å². The Labute approximate surface area is 69.6 Å². The van der Waals surface area contributed by atoms with Gasteiger partial charge in [-0.2, -0.15) is 0 Å². The molecule has 0 fully saturated rings. The molecule has 0 radical (unpaired) electrons. The first-order valence-corrected chi connectivity index (χ1v) is 3.46. The van der Waals surface area contributed by atoms with Crippen molar-refractivity contribution in [2.75, 3.05) is 0 Å². The van der Waals surface area contributed by atoms with E-state index in [9.17, 15) is 0 Å². The number of hydrogen-bond acceptors (Lipinski definition) is 4. The Bertz CT molecular complexity index is 239. The van der Waals surface area contributed by atoms with Crippen molar-refractivity contribution in [2.45, 2.75) is 0 Å². The Morgan fingerprint density at radius 3 is 1.80 bits per heavy atom. The molecular weight excluding hydrogens is 164 g/mol. The van der Waals surface area contributed by atoms with Gasteiger partial charge < -0.3 is 11.5 Å². The van der Waals surface area contributed by atoms with Gasteiger partial charge in [0.25, 0.3) is 0 Å². The van der Waals surface area contributed by atoms with Gasteiger partial charge in [0.15, 0.2) is 0 Å². The van der Waals surface area contributed by atoms with Crippen LogP contribution in [0.4, 0.5) is 0 Å². The van der Waals surface area contributed by atoms with Crippen molar-refractivity contribution in [1.82, 2.24) is 0 Å². The van der Waals surface area contributed by atoms with Gasteiger partial charge in [0.2, 0.25) is 0 Å². The van der Waals surface area contributed by atoms with Crippen molar-refractivity contribution in [2.24, 2.45) is 11.5 Å². The first-order valence-electron chi connectivity index (χ1n) is 2.64. The van der Waals surface area contributed by atoms with Crippen LogP contribution in [-0.2, 0) is 0 Å². The third kappa shape index (κ3) is 1.22. The second-order valence-corrected chi connectivity index (χ2v) is 2.81. The van der Waals surface area contributed by atoms with E-state index < -0.39 is 0 Å². The molecule has 10 heavy (non-hydrogen) atoms. The molecule has 0 aromatic carbocycles. The maximum absolute atomic E-state index is 5.47. The largest absolute Gasteiger partial charge is 0.397 e. The summed E-state index contributed by atoms with van der Waals surface area (Å²) in [6, 6.07) is 0. The molecule has 1 rings (SSSR count). The van der Waals surface area contributed by atoms with Crippen molar-refractivity contribution >= 4 is 34.2 Å². The lowest BCUT2D eigenvalue weighted by Gasteiger charge is -2.08. The molecule has 0 atom stereocenters. The summed E-state index contributed by atoms with van der Waals surface area (Å²) in [5.74, 6) is 0. The van der Waals surface area contributed by atoms with Crippen LogP contribution in [0.15, 0.2) is 23.5 Å². The highest BCUT2D eigenvalue weighted by atomic mass is 32.1. The molecule has 0 saturated heterocycles. The van der Waals surface area contributed by atoms with E-state index in [1.807, 2.05) is 0 Å². The standard InChI is InChI=1S/C6H6N2S2/c7-4-1-3(9)2-5(8)6(4)10/h1-2H,7-8H2. The molecule has 0 aliphatic heterocycles. The van der Waals surface area contributed by atoms with Crippen LogP contribution in [0, 0.1) is 0 Å². The Morgan fingerprint density at radius 1 is 1.00 bits per heavy atom. The second-order valence-electron chi connectivity index (χ2n) is 1.93. The minimum atomic E-state index is 0.486. The lowest BCUT2D eigenvalue weighted by Crippen LogP contribution is -2.22. The van der Waals surface area contributed by atoms with Crippen LogP contribution in [0.2, 0.25) is 0 Å². The van der Waals surface area contributed by atoms with Crippen molar-refractivity contribution < 1.29 is 0 Å². The lowest BCUT2D eigenvalue weighted by atomic mass is 10.1. The maximum Gasteiger partial charge on any atom is 0.0836 e. The van der Waals surface area contributed by atoms with Gasteiger partial charge >= 0.3 is 0 Å². The zero-order valence-corrected chi connectivity index (χ0v) is 6.76. The highest BCUT2D eigenvalue weighted by Gasteiger charge is 2.09. The predicted octanol–water partition coefficient (Wildman–Crippen LogP) is 0.425. The molecule has 0 spiro atoms. The van der Waals surface area contributed by atoms with Crippen LogP contribution in [0.5, 0.6) is 0 Å². The third-order valence-electron chi connectivity index (χ3n) is 1.12. The molecule has 4 heteroatoms. The summed E-state index contributed by atoms with van der Waals surface area (Å²) >= 11 is 9.70. The van der Waals surface area contributed by atoms with Gasteiger partial charge in [-0.3, -0.25) is 0 Å². The number of allylic oxidation sites excluding steroid dienone is 2. The fraction of sp³-hybridized carbons (Fsp3) is 0. The average molecular weight is 170 g/mol. The van der Waals surface area contributed by atoms with E-state index >= 15 is 0 Å². The monoisotopic (exact) mass is 170 g/mol. The molecule has 0 unspecified atom stereocenters. The molecule has 0 saturated carbocycles. The molecule has 1 aliphatic carbocycles. The van der Waals surface area contributed by atoms with E-state index in [-0.39, 0.29) is 0 Å². The van der Waals surface area contributed by atoms with E-state index in [4.69, 9.17) is 35.9 Å². The Hall–Kier alpha value is -0.740. The maximum atomic E-state index is 5.47. The van der Waals surface area contributed by atoms with E-state index in [1.54, 1.807) is 12.2 Å². The normalized spacial score (nSPS) is 18.4. The number of thiocarbonyl (C=S) groups is 2. The molecule has 2 nitrogen and oxygen atoms in total. The van der Waals surface area contributed by atoms with Gasteiger partial charge in [0.05, 0.1) is 16.3 Å². The molecule has 0 bridgehead atoms. The molecule has 52 valence electrons. The Kier molecular flexibility index (Phi) is 1.82. The van der Waals surface area contributed by atoms with Crippen LogP contribution >= 0.6 is 24.4 Å². The van der Waals surface area contributed by atoms with Gasteiger partial charge in [0, 0.05) is 4.86 Å². The SMILES string of the molecule is NC1=CC(=S)C=C(N)C1=S. The zero-order chi connectivity index (χ0) is 7.72. The third-order valence-corrected chi connectivity index (χ3v) is 1.83. The molecule has 0 aromatic rings. The van der Waals surface area contributed by atoms with E-state index in [0.717, 1.165) is 0 Å². The number of hydrogen-bond donors (Lipinski definition) is 2. The van der Waals surface area contributed by atoms with Gasteiger partial charge in [-0.25, -0.2) is 0 Å². The summed E-state index contributed by atoms with van der Waals surface area (Å²) in [6.07, 6.45) is 3.27. The van der Waals surface area contributed by atoms with Crippen molar-refractivity contribution in [3.8, 4) is 0 Å². The van der Waals surface area contributed by atoms with Crippen LogP contribution in [0.1, 0.15) is 0 Å². The Balaban J connectivity index is 3.05. The van der Waals surface area contributed by atoms with E-state index in [2.05, 4.69) is 0 Å². The summed E-state index contributed by atoms with van der Waals surface area (Å²) in [5.41, 5.74) is 11.9. The quantitative estimate of drug-likeness (QED) is 0.517. The lowest BCUT2D eigenvalue weighted by molar-refractivity contribution is 1.42. The van der Waals surface area contributed by atoms with Crippen molar-refractivity contribution in [3.63, 3.8) is 0 Å². The summed E-state index contributed by atoms with van der Waals surface area (Å²) in [6.45, 7) is 0. The molecule has 0 aromatic heterocycles. The smallest absolute Gasteiger partial charge is 0.0836 e. The van der Waals surface area contributed by atoms with Crippen molar-refractivity contribution in [3.05, 3.63) is 23.5 Å². The summed E-state index contributed by atoms with van der Waals surface area (Å²) in [4.78, 5) is 1.12. The van der Waals surface area contributed by atoms with Crippen molar-refractivity contribution in [1.29, 1.82) is 0 Å². The Morgan fingerprint density at radius 2 is 1.40 bits per heavy atom. The summed E-state index contributed by atoms with van der Waals surface area (Å²) < 4.78 is 0. The predicted molar refractivity (Wildman–Crippen MR) is 49.7 cm³/mol. The fourth-order valence-electron chi connectivity index (χ4n) is 0.646. The number of rotatable bonds is 0. The minimum absolute atomic E-state index is 0.486. The second kappa shape index (κ2) is 2.48. The first-order chi connectivity index (χ1) is 4.61. The minimum Gasteiger partial charge on any atom is -0.397 e. The molecule has 0 heterocycles. The van der Waals surface area contributed by atoms with E-state index in [1.165, 1.54) is 0 Å². The highest BCUT2D eigenvalue weighted by Crippen LogP contribution is 2.06. The van der Waals surface area contributed by atoms with Crippen LogP contribution in [-0.4, -0.2) is 9.73 Å². The summed E-state index contributed by atoms with van der Waals surface area (Å²) in [7, 11) is 0. The van der Waals surface area contributed by atoms with Gasteiger partial charge in [0.1, 0.15) is 0 Å². The van der Waals surface area contributed by atoms with Crippen LogP contribution in [0.3, 0.4) is 0 Å². The van der Waals surface area contributed by atoms with Crippen LogP contribution < -0.4 is 11.5 Å². The first kappa shape index (κ1) is 7.37. The van der Waals surface area contributed by atoms with Gasteiger partial charge in [-0.1, -0.05) is 24.4 Å². The average Bonchev–Trinajstić information content (AvgIpc) is 1.82. The van der Waals surface area contributed by atoms with Gasteiger partial charge in [-0.05, 0) is 12.2 Å². The topological polar surface area (TPSA) is 52.0 Å².